The Morgan fingerprint density at radius 1 is 0.837 bits per heavy atom. The number of amides is 2. The van der Waals surface area contributed by atoms with Gasteiger partial charge in [0.05, 0.1) is 27.9 Å². The molecule has 0 saturated heterocycles. The Kier molecular flexibility index (Phi) is 12.5. The predicted molar refractivity (Wildman–Crippen MR) is 170 cm³/mol. The van der Waals surface area contributed by atoms with E-state index in [2.05, 4.69) is 17.2 Å². The number of benzene rings is 3. The van der Waals surface area contributed by atoms with Crippen LogP contribution < -0.4 is 5.32 Å². The van der Waals surface area contributed by atoms with Crippen LogP contribution >= 0.6 is 0 Å². The summed E-state index contributed by atoms with van der Waals surface area (Å²) < 4.78 is 40.7. The molecule has 1 atom stereocenters. The van der Waals surface area contributed by atoms with Gasteiger partial charge in [0.25, 0.3) is 0 Å². The molecule has 4 aromatic rings. The lowest BCUT2D eigenvalue weighted by atomic mass is 10.1. The van der Waals surface area contributed by atoms with Crippen LogP contribution in [0.5, 0.6) is 0 Å². The number of hydrogen-bond acceptors (Lipinski definition) is 3. The topological polar surface area (TPSA) is 78.1 Å². The molecule has 9 heteroatoms. The molecule has 1 heterocycles. The molecule has 0 fully saturated rings. The van der Waals surface area contributed by atoms with E-state index in [0.717, 1.165) is 73.2 Å². The van der Waals surface area contributed by atoms with Crippen molar-refractivity contribution in [2.75, 3.05) is 24.2 Å². The summed E-state index contributed by atoms with van der Waals surface area (Å²) in [7, 11) is -1.31. The van der Waals surface area contributed by atoms with E-state index in [9.17, 15) is 17.8 Å². The normalized spacial score (nSPS) is 11.8. The van der Waals surface area contributed by atoms with E-state index in [1.165, 1.54) is 6.07 Å². The number of nitrogens with one attached hydrogen (secondary N) is 2. The highest BCUT2D eigenvalue weighted by molar-refractivity contribution is 7.84. The minimum absolute atomic E-state index is 0.0408. The summed E-state index contributed by atoms with van der Waals surface area (Å²) in [4.78, 5) is 22.7. The zero-order chi connectivity index (χ0) is 30.4. The van der Waals surface area contributed by atoms with Gasteiger partial charge in [-0.3, -0.25) is 4.21 Å². The van der Waals surface area contributed by atoms with Crippen LogP contribution in [0, 0.1) is 11.6 Å². The number of anilines is 1. The number of imidazole rings is 1. The van der Waals surface area contributed by atoms with Crippen molar-refractivity contribution in [2.24, 2.45) is 0 Å². The summed E-state index contributed by atoms with van der Waals surface area (Å²) in [5.41, 5.74) is 3.50. The molecule has 2 N–H and O–H groups in total. The Morgan fingerprint density at radius 2 is 1.47 bits per heavy atom. The highest BCUT2D eigenvalue weighted by atomic mass is 32.2. The zero-order valence-corrected chi connectivity index (χ0v) is 25.5. The third-order valence-electron chi connectivity index (χ3n) is 7.26. The molecule has 4 rings (SSSR count). The number of aromatic amines is 1. The van der Waals surface area contributed by atoms with Crippen molar-refractivity contribution in [3.8, 4) is 22.5 Å². The van der Waals surface area contributed by atoms with Crippen LogP contribution in [0.25, 0.3) is 22.5 Å². The molecular formula is C34H40F2N4O2S. The predicted octanol–water partition coefficient (Wildman–Crippen LogP) is 8.80. The average molecular weight is 607 g/mol. The molecule has 6 nitrogen and oxygen atoms in total. The van der Waals surface area contributed by atoms with Crippen molar-refractivity contribution in [1.29, 1.82) is 0 Å². The number of unbranched alkanes of at least 4 members (excludes halogenated alkanes) is 6. The third-order valence-corrected chi connectivity index (χ3v) is 8.54. The molecule has 3 aromatic carbocycles. The van der Waals surface area contributed by atoms with Gasteiger partial charge < -0.3 is 15.2 Å². The molecule has 2 amide bonds. The van der Waals surface area contributed by atoms with Crippen LogP contribution in [-0.2, 0) is 10.8 Å². The second-order valence-electron chi connectivity index (χ2n) is 10.6. The number of nitrogens with zero attached hydrogens (tertiary/aromatic N) is 2. The summed E-state index contributed by atoms with van der Waals surface area (Å²) >= 11 is 0. The first-order chi connectivity index (χ1) is 21.0. The van der Waals surface area contributed by atoms with Crippen molar-refractivity contribution in [2.45, 2.75) is 63.4 Å². The first-order valence-electron chi connectivity index (χ1n) is 15.1. The van der Waals surface area contributed by atoms with Crippen molar-refractivity contribution < 1.29 is 17.8 Å². The summed E-state index contributed by atoms with van der Waals surface area (Å²) in [5, 5.41) is 3.04. The minimum Gasteiger partial charge on any atom is -0.330 e. The van der Waals surface area contributed by atoms with Crippen LogP contribution in [-0.4, -0.2) is 44.0 Å². The second kappa shape index (κ2) is 16.7. The quantitative estimate of drug-likeness (QED) is 0.125. The number of halogens is 2. The van der Waals surface area contributed by atoms with Crippen LogP contribution in [0.3, 0.4) is 0 Å². The van der Waals surface area contributed by atoms with Gasteiger partial charge in [-0.05, 0) is 31.4 Å². The van der Waals surface area contributed by atoms with E-state index in [-0.39, 0.29) is 5.69 Å². The number of urea groups is 1. The van der Waals surface area contributed by atoms with Crippen LogP contribution in [0.4, 0.5) is 19.3 Å². The fourth-order valence-corrected chi connectivity index (χ4v) is 5.96. The second-order valence-corrected chi connectivity index (χ2v) is 12.0. The maximum atomic E-state index is 14.1. The van der Waals surface area contributed by atoms with Gasteiger partial charge in [0.15, 0.2) is 5.16 Å². The first kappa shape index (κ1) is 32.1. The minimum atomic E-state index is -1.31. The summed E-state index contributed by atoms with van der Waals surface area (Å²) in [6.45, 7) is 3.20. The first-order valence-corrected chi connectivity index (χ1v) is 16.4. The summed E-state index contributed by atoms with van der Waals surface area (Å²) in [6, 6.07) is 22.5. The van der Waals surface area contributed by atoms with E-state index in [1.54, 1.807) is 4.90 Å². The summed E-state index contributed by atoms with van der Waals surface area (Å²) in [5.74, 6) is -1.05. The highest BCUT2D eigenvalue weighted by Gasteiger charge is 2.18. The molecule has 0 aliphatic heterocycles. The standard InChI is InChI=1S/C34H40F2N4O2S/c1-2-3-4-5-13-22-40(34(41)37-30-21-20-28(35)25-29(30)36)23-14-8-15-24-43(42)33-38-31(26-16-9-6-10-17-26)32(39-33)27-18-11-7-12-19-27/h6-7,9-12,16-21,25H,2-5,8,13-15,22-24H2,1H3,(H,37,41)(H,38,39). The lowest BCUT2D eigenvalue weighted by Crippen LogP contribution is -2.36. The smallest absolute Gasteiger partial charge is 0.321 e. The number of rotatable bonds is 16. The summed E-state index contributed by atoms with van der Waals surface area (Å²) in [6.07, 6.45) is 7.45. The number of carbonyl (C=O) groups excluding carboxylic acids is 1. The van der Waals surface area contributed by atoms with Crippen LogP contribution in [0.1, 0.15) is 58.3 Å². The van der Waals surface area contributed by atoms with Gasteiger partial charge in [0.2, 0.25) is 0 Å². The SMILES string of the molecule is CCCCCCCN(CCCCCS(=O)c1nc(-c2ccccc2)c(-c2ccccc2)[nH]1)C(=O)Nc1ccc(F)cc1F. The number of hydrogen-bond donors (Lipinski definition) is 2. The highest BCUT2D eigenvalue weighted by Crippen LogP contribution is 2.31. The van der Waals surface area contributed by atoms with E-state index >= 15 is 0 Å². The van der Waals surface area contributed by atoms with Crippen molar-refractivity contribution in [1.82, 2.24) is 14.9 Å². The molecule has 0 bridgehead atoms. The van der Waals surface area contributed by atoms with E-state index < -0.39 is 28.5 Å². The van der Waals surface area contributed by atoms with Crippen molar-refractivity contribution in [3.05, 3.63) is 90.5 Å². The third kappa shape index (κ3) is 9.58. The molecule has 0 radical (unpaired) electrons. The van der Waals surface area contributed by atoms with Gasteiger partial charge in [-0.15, -0.1) is 0 Å². The van der Waals surface area contributed by atoms with Crippen LogP contribution in [0.2, 0.25) is 0 Å². The molecule has 1 unspecified atom stereocenters. The van der Waals surface area contributed by atoms with Crippen molar-refractivity contribution in [3.63, 3.8) is 0 Å². The Balaban J connectivity index is 1.33. The number of H-pyrrole nitrogens is 1. The number of carbonyl (C=O) groups is 1. The lowest BCUT2D eigenvalue weighted by Gasteiger charge is -2.23. The van der Waals surface area contributed by atoms with Gasteiger partial charge in [-0.25, -0.2) is 18.6 Å². The molecule has 0 saturated carbocycles. The molecule has 43 heavy (non-hydrogen) atoms. The molecule has 1 aromatic heterocycles. The molecule has 0 aliphatic rings. The zero-order valence-electron chi connectivity index (χ0n) is 24.7. The van der Waals surface area contributed by atoms with Gasteiger partial charge in [-0.2, -0.15) is 0 Å². The molecular weight excluding hydrogens is 566 g/mol. The van der Waals surface area contributed by atoms with Gasteiger partial charge in [0, 0.05) is 36.0 Å². The van der Waals surface area contributed by atoms with Gasteiger partial charge in [0.1, 0.15) is 11.6 Å². The maximum Gasteiger partial charge on any atom is 0.321 e. The van der Waals surface area contributed by atoms with Crippen molar-refractivity contribution >= 4 is 22.5 Å². The molecule has 0 spiro atoms. The maximum absolute atomic E-state index is 14.1. The largest absolute Gasteiger partial charge is 0.330 e. The van der Waals surface area contributed by atoms with Gasteiger partial charge >= 0.3 is 6.03 Å². The molecule has 228 valence electrons. The Bertz CT molecular complexity index is 1410. The Labute approximate surface area is 255 Å². The fourth-order valence-electron chi connectivity index (χ4n) is 4.89. The van der Waals surface area contributed by atoms with Crippen LogP contribution in [0.15, 0.2) is 84.0 Å². The number of aromatic nitrogens is 2. The monoisotopic (exact) mass is 606 g/mol. The van der Waals surface area contributed by atoms with E-state index in [4.69, 9.17) is 4.98 Å². The fraction of sp³-hybridized carbons (Fsp3) is 0.353. The average Bonchev–Trinajstić information content (AvgIpc) is 3.48. The van der Waals surface area contributed by atoms with E-state index in [0.29, 0.717) is 36.8 Å². The Morgan fingerprint density at radius 3 is 2.12 bits per heavy atom. The Hall–Kier alpha value is -3.85. The van der Waals surface area contributed by atoms with E-state index in [1.807, 2.05) is 60.7 Å². The van der Waals surface area contributed by atoms with Gasteiger partial charge in [-0.1, -0.05) is 99.7 Å². The lowest BCUT2D eigenvalue weighted by molar-refractivity contribution is 0.209. The molecule has 0 aliphatic carbocycles.